The van der Waals surface area contributed by atoms with Gasteiger partial charge in [0, 0.05) is 18.5 Å². The van der Waals surface area contributed by atoms with Gasteiger partial charge in [-0.2, -0.15) is 0 Å². The second-order valence-corrected chi connectivity index (χ2v) is 6.42. The zero-order valence-electron chi connectivity index (χ0n) is 12.8. The Labute approximate surface area is 122 Å². The quantitative estimate of drug-likeness (QED) is 0.917. The van der Waals surface area contributed by atoms with E-state index in [0.29, 0.717) is 11.8 Å². The maximum atomic E-state index is 12.5. The highest BCUT2D eigenvalue weighted by Crippen LogP contribution is 2.31. The molecule has 0 radical (unpaired) electrons. The Morgan fingerprint density at radius 2 is 2.00 bits per heavy atom. The lowest BCUT2D eigenvalue weighted by Crippen LogP contribution is -2.45. The third-order valence-electron chi connectivity index (χ3n) is 4.17. The highest BCUT2D eigenvalue weighted by atomic mass is 16.2. The van der Waals surface area contributed by atoms with Gasteiger partial charge in [0.25, 0.3) is 0 Å². The highest BCUT2D eigenvalue weighted by molar-refractivity contribution is 5.82. The van der Waals surface area contributed by atoms with Crippen LogP contribution in [0.5, 0.6) is 0 Å². The van der Waals surface area contributed by atoms with Crippen molar-refractivity contribution in [1.29, 1.82) is 0 Å². The van der Waals surface area contributed by atoms with Crippen molar-refractivity contribution in [2.75, 3.05) is 6.54 Å². The molecule has 20 heavy (non-hydrogen) atoms. The van der Waals surface area contributed by atoms with Crippen molar-refractivity contribution in [3.05, 3.63) is 35.9 Å². The number of likely N-dealkylation sites (tertiary alicyclic amines) is 1. The third-order valence-corrected chi connectivity index (χ3v) is 4.17. The average molecular weight is 274 g/mol. The fourth-order valence-electron chi connectivity index (χ4n) is 3.13. The summed E-state index contributed by atoms with van der Waals surface area (Å²) in [4.78, 5) is 14.4. The first-order valence-electron chi connectivity index (χ1n) is 7.60. The Hall–Kier alpha value is -1.35. The van der Waals surface area contributed by atoms with Gasteiger partial charge >= 0.3 is 0 Å². The number of hydrogen-bond donors (Lipinski definition) is 1. The Bertz CT molecular complexity index is 444. The van der Waals surface area contributed by atoms with Gasteiger partial charge < -0.3 is 10.6 Å². The summed E-state index contributed by atoms with van der Waals surface area (Å²) in [7, 11) is 0. The number of hydrogen-bond acceptors (Lipinski definition) is 2. The molecule has 110 valence electrons. The topological polar surface area (TPSA) is 46.3 Å². The molecular weight excluding hydrogens is 248 g/mol. The summed E-state index contributed by atoms with van der Waals surface area (Å²) in [6.07, 6.45) is 1.79. The molecule has 0 aliphatic carbocycles. The van der Waals surface area contributed by atoms with Gasteiger partial charge in [-0.3, -0.25) is 4.79 Å². The zero-order valence-corrected chi connectivity index (χ0v) is 12.8. The van der Waals surface area contributed by atoms with Crippen LogP contribution >= 0.6 is 0 Å². The van der Waals surface area contributed by atoms with Crippen molar-refractivity contribution in [1.82, 2.24) is 4.90 Å². The molecule has 0 bridgehead atoms. The first-order valence-corrected chi connectivity index (χ1v) is 7.60. The fraction of sp³-hybridized carbons (Fsp3) is 0.588. The molecule has 2 unspecified atom stereocenters. The summed E-state index contributed by atoms with van der Waals surface area (Å²) >= 11 is 0. The van der Waals surface area contributed by atoms with Crippen LogP contribution in [0.15, 0.2) is 30.3 Å². The van der Waals surface area contributed by atoms with E-state index in [2.05, 4.69) is 45.0 Å². The number of nitrogens with two attached hydrogens (primary N) is 1. The molecule has 1 aromatic carbocycles. The van der Waals surface area contributed by atoms with Crippen LogP contribution in [-0.4, -0.2) is 29.4 Å². The van der Waals surface area contributed by atoms with Crippen molar-refractivity contribution in [3.8, 4) is 0 Å². The molecule has 1 aromatic rings. The van der Waals surface area contributed by atoms with E-state index in [1.54, 1.807) is 0 Å². The minimum Gasteiger partial charge on any atom is -0.338 e. The molecule has 2 rings (SSSR count). The Morgan fingerprint density at radius 3 is 2.60 bits per heavy atom. The summed E-state index contributed by atoms with van der Waals surface area (Å²) in [5.41, 5.74) is 7.38. The van der Waals surface area contributed by atoms with Gasteiger partial charge in [0.1, 0.15) is 0 Å². The Kier molecular flexibility index (Phi) is 4.81. The van der Waals surface area contributed by atoms with Crippen molar-refractivity contribution >= 4 is 5.91 Å². The van der Waals surface area contributed by atoms with Gasteiger partial charge in [0.05, 0.1) is 6.04 Å². The van der Waals surface area contributed by atoms with Gasteiger partial charge in [-0.25, -0.2) is 0 Å². The van der Waals surface area contributed by atoms with E-state index in [1.807, 2.05) is 11.0 Å². The van der Waals surface area contributed by atoms with E-state index in [4.69, 9.17) is 5.73 Å². The fourth-order valence-corrected chi connectivity index (χ4v) is 3.13. The lowest BCUT2D eigenvalue weighted by molar-refractivity contribution is -0.133. The van der Waals surface area contributed by atoms with Gasteiger partial charge in [-0.05, 0) is 31.2 Å². The Balaban J connectivity index is 2.02. The SMILES string of the molecule is CC(C)C[C@H](N)C(=O)N1CC(c2ccccc2)CC1C. The van der Waals surface area contributed by atoms with E-state index >= 15 is 0 Å². The number of nitrogens with zero attached hydrogens (tertiary/aromatic N) is 1. The summed E-state index contributed by atoms with van der Waals surface area (Å²) in [6, 6.07) is 10.4. The summed E-state index contributed by atoms with van der Waals surface area (Å²) in [5.74, 6) is 1.02. The van der Waals surface area contributed by atoms with Crippen LogP contribution in [-0.2, 0) is 4.79 Å². The molecule has 3 nitrogen and oxygen atoms in total. The molecule has 1 heterocycles. The molecule has 1 amide bonds. The van der Waals surface area contributed by atoms with Crippen LogP contribution in [0.1, 0.15) is 45.1 Å². The van der Waals surface area contributed by atoms with E-state index in [-0.39, 0.29) is 18.0 Å². The highest BCUT2D eigenvalue weighted by Gasteiger charge is 2.35. The maximum absolute atomic E-state index is 12.5. The Morgan fingerprint density at radius 1 is 1.35 bits per heavy atom. The molecule has 2 N–H and O–H groups in total. The number of amides is 1. The molecule has 1 aliphatic rings. The zero-order chi connectivity index (χ0) is 14.7. The molecule has 1 saturated heterocycles. The molecular formula is C17H26N2O. The van der Waals surface area contributed by atoms with E-state index in [1.165, 1.54) is 5.56 Å². The van der Waals surface area contributed by atoms with Crippen LogP contribution < -0.4 is 5.73 Å². The van der Waals surface area contributed by atoms with Crippen molar-refractivity contribution in [2.45, 2.75) is 51.6 Å². The van der Waals surface area contributed by atoms with E-state index < -0.39 is 0 Å². The lowest BCUT2D eigenvalue weighted by Gasteiger charge is -2.25. The van der Waals surface area contributed by atoms with Crippen LogP contribution in [0.3, 0.4) is 0 Å². The molecule has 0 spiro atoms. The van der Waals surface area contributed by atoms with Crippen LogP contribution in [0.25, 0.3) is 0 Å². The van der Waals surface area contributed by atoms with Gasteiger partial charge in [0.2, 0.25) is 5.91 Å². The maximum Gasteiger partial charge on any atom is 0.239 e. The van der Waals surface area contributed by atoms with Gasteiger partial charge in [-0.15, -0.1) is 0 Å². The number of benzene rings is 1. The van der Waals surface area contributed by atoms with E-state index in [9.17, 15) is 4.79 Å². The van der Waals surface area contributed by atoms with E-state index in [0.717, 1.165) is 19.4 Å². The average Bonchev–Trinajstić information content (AvgIpc) is 2.80. The monoisotopic (exact) mass is 274 g/mol. The lowest BCUT2D eigenvalue weighted by atomic mass is 9.97. The molecule has 0 aromatic heterocycles. The first-order chi connectivity index (χ1) is 9.49. The van der Waals surface area contributed by atoms with Crippen LogP contribution in [0, 0.1) is 5.92 Å². The molecule has 3 atom stereocenters. The molecule has 1 aliphatic heterocycles. The minimum absolute atomic E-state index is 0.115. The number of rotatable bonds is 4. The molecule has 0 saturated carbocycles. The predicted molar refractivity (Wildman–Crippen MR) is 82.4 cm³/mol. The van der Waals surface area contributed by atoms with Crippen LogP contribution in [0.4, 0.5) is 0 Å². The predicted octanol–water partition coefficient (Wildman–Crippen LogP) is 2.76. The molecule has 1 fully saturated rings. The molecule has 3 heteroatoms. The number of carbonyl (C=O) groups excluding carboxylic acids is 1. The summed E-state index contributed by atoms with van der Waals surface area (Å²) in [5, 5.41) is 0. The van der Waals surface area contributed by atoms with Crippen molar-refractivity contribution in [3.63, 3.8) is 0 Å². The van der Waals surface area contributed by atoms with Crippen molar-refractivity contribution < 1.29 is 4.79 Å². The summed E-state index contributed by atoms with van der Waals surface area (Å²) in [6.45, 7) is 7.14. The smallest absolute Gasteiger partial charge is 0.239 e. The minimum atomic E-state index is -0.355. The van der Waals surface area contributed by atoms with Gasteiger partial charge in [0.15, 0.2) is 0 Å². The summed E-state index contributed by atoms with van der Waals surface area (Å²) < 4.78 is 0. The first kappa shape index (κ1) is 15.0. The van der Waals surface area contributed by atoms with Crippen LogP contribution in [0.2, 0.25) is 0 Å². The second-order valence-electron chi connectivity index (χ2n) is 6.42. The normalized spacial score (nSPS) is 24.1. The van der Waals surface area contributed by atoms with Gasteiger partial charge in [-0.1, -0.05) is 44.2 Å². The second kappa shape index (κ2) is 6.40. The standard InChI is InChI=1S/C17H26N2O/c1-12(2)9-16(18)17(20)19-11-15(10-13(19)3)14-7-5-4-6-8-14/h4-8,12-13,15-16H,9-11,18H2,1-3H3/t13?,15?,16-/m0/s1. The third kappa shape index (κ3) is 3.40. The largest absolute Gasteiger partial charge is 0.338 e. The van der Waals surface area contributed by atoms with Crippen molar-refractivity contribution in [2.24, 2.45) is 11.7 Å². The number of carbonyl (C=O) groups is 1.